The average Bonchev–Trinajstić information content (AvgIpc) is 2.97. The summed E-state index contributed by atoms with van der Waals surface area (Å²) in [5.74, 6) is -2.00. The molecule has 0 saturated heterocycles. The Kier molecular flexibility index (Phi) is 10.3. The van der Waals surface area contributed by atoms with Gasteiger partial charge in [-0.15, -0.1) is 0 Å². The predicted octanol–water partition coefficient (Wildman–Crippen LogP) is 5.87. The van der Waals surface area contributed by atoms with E-state index in [1.807, 2.05) is 6.92 Å². The molecule has 0 bridgehead atoms. The van der Waals surface area contributed by atoms with E-state index < -0.39 is 51.5 Å². The molecule has 1 atom stereocenters. The van der Waals surface area contributed by atoms with Crippen LogP contribution in [0.5, 0.6) is 5.75 Å². The number of fused-ring (bicyclic) bond motifs is 1. The van der Waals surface area contributed by atoms with Gasteiger partial charge in [-0.05, 0) is 80.5 Å². The third-order valence-electron chi connectivity index (χ3n) is 8.33. The van der Waals surface area contributed by atoms with Crippen molar-refractivity contribution >= 4 is 15.7 Å². The van der Waals surface area contributed by atoms with Crippen LogP contribution in [-0.2, 0) is 40.1 Å². The number of benzene rings is 2. The third-order valence-corrected chi connectivity index (χ3v) is 10.0. The monoisotopic (exact) mass is 665 g/mol. The van der Waals surface area contributed by atoms with Gasteiger partial charge in [-0.3, -0.25) is 14.2 Å². The summed E-state index contributed by atoms with van der Waals surface area (Å²) in [6, 6.07) is 8.12. The van der Waals surface area contributed by atoms with Gasteiger partial charge in [0, 0.05) is 17.9 Å². The van der Waals surface area contributed by atoms with Crippen molar-refractivity contribution in [1.82, 2.24) is 14.5 Å². The first-order valence-corrected chi connectivity index (χ1v) is 17.0. The molecule has 0 radical (unpaired) electrons. The van der Waals surface area contributed by atoms with E-state index in [1.165, 1.54) is 16.4 Å². The number of carbonyl (C=O) groups is 1. The van der Waals surface area contributed by atoms with Crippen molar-refractivity contribution in [2.24, 2.45) is 5.41 Å². The molecular formula is C33H39F4N3O5S. The van der Waals surface area contributed by atoms with Crippen molar-refractivity contribution in [3.63, 3.8) is 0 Å². The number of aromatic nitrogens is 2. The van der Waals surface area contributed by atoms with Crippen LogP contribution >= 0.6 is 0 Å². The van der Waals surface area contributed by atoms with Crippen LogP contribution in [0, 0.1) is 11.2 Å². The number of halogens is 4. The van der Waals surface area contributed by atoms with E-state index in [0.717, 1.165) is 12.5 Å². The number of alkyl halides is 3. The van der Waals surface area contributed by atoms with Gasteiger partial charge in [0.1, 0.15) is 17.4 Å². The zero-order valence-electron chi connectivity index (χ0n) is 26.6. The molecule has 8 nitrogen and oxygen atoms in total. The predicted molar refractivity (Wildman–Crippen MR) is 166 cm³/mol. The second kappa shape index (κ2) is 13.5. The number of hydrogen-bond acceptors (Lipinski definition) is 6. The molecule has 3 aromatic rings. The lowest BCUT2D eigenvalue weighted by molar-refractivity contribution is -0.140. The van der Waals surface area contributed by atoms with Crippen LogP contribution in [0.2, 0.25) is 0 Å². The fourth-order valence-electron chi connectivity index (χ4n) is 5.64. The number of sulfone groups is 1. The summed E-state index contributed by atoms with van der Waals surface area (Å²) in [5.41, 5.74) is -0.450. The topological polar surface area (TPSA) is 98.6 Å². The zero-order chi connectivity index (χ0) is 34.0. The molecule has 0 fully saturated rings. The molecule has 0 saturated carbocycles. The molecule has 13 heteroatoms. The molecule has 1 aliphatic carbocycles. The van der Waals surface area contributed by atoms with Crippen molar-refractivity contribution in [2.45, 2.75) is 72.5 Å². The number of rotatable bonds is 11. The Morgan fingerprint density at radius 2 is 1.80 bits per heavy atom. The summed E-state index contributed by atoms with van der Waals surface area (Å²) in [6.07, 6.45) is -3.75. The lowest BCUT2D eigenvalue weighted by atomic mass is 9.76. The van der Waals surface area contributed by atoms with E-state index in [9.17, 15) is 35.6 Å². The van der Waals surface area contributed by atoms with E-state index in [4.69, 9.17) is 9.72 Å². The van der Waals surface area contributed by atoms with Gasteiger partial charge in [0.2, 0.25) is 5.91 Å². The van der Waals surface area contributed by atoms with Crippen LogP contribution in [0.3, 0.4) is 0 Å². The number of hydrogen-bond donors (Lipinski definition) is 0. The SMILES string of the molecule is CCOc1ccc(-n2c([C@@H](C)N(CCS(=O)(=O)CC)C(=O)Cc3ccc(F)c(C(F)(F)F)c3)nc3c(c2=O)CCC(C)(C)C3)cc1. The molecular weight excluding hydrogens is 626 g/mol. The Labute approximate surface area is 266 Å². The van der Waals surface area contributed by atoms with E-state index in [2.05, 4.69) is 13.8 Å². The number of carbonyl (C=O) groups excluding carboxylic acids is 1. The second-order valence-electron chi connectivity index (χ2n) is 12.3. The van der Waals surface area contributed by atoms with Crippen LogP contribution < -0.4 is 10.3 Å². The van der Waals surface area contributed by atoms with Gasteiger partial charge in [0.25, 0.3) is 5.56 Å². The van der Waals surface area contributed by atoms with E-state index in [1.54, 1.807) is 31.2 Å². The van der Waals surface area contributed by atoms with Crippen molar-refractivity contribution in [2.75, 3.05) is 24.7 Å². The minimum absolute atomic E-state index is 0.0988. The van der Waals surface area contributed by atoms with Crippen molar-refractivity contribution in [3.8, 4) is 11.4 Å². The van der Waals surface area contributed by atoms with Crippen LogP contribution in [-0.4, -0.2) is 53.4 Å². The summed E-state index contributed by atoms with van der Waals surface area (Å²) >= 11 is 0. The summed E-state index contributed by atoms with van der Waals surface area (Å²) in [5, 5.41) is 0. The van der Waals surface area contributed by atoms with Gasteiger partial charge in [-0.2, -0.15) is 13.2 Å². The normalized spacial score (nSPS) is 15.2. The Hall–Kier alpha value is -3.74. The molecule has 250 valence electrons. The molecule has 2 aromatic carbocycles. The Bertz CT molecular complexity index is 1750. The van der Waals surface area contributed by atoms with E-state index >= 15 is 0 Å². The number of ether oxygens (including phenoxy) is 1. The number of nitrogens with zero attached hydrogens (tertiary/aromatic N) is 3. The van der Waals surface area contributed by atoms with Gasteiger partial charge in [-0.1, -0.05) is 26.8 Å². The first kappa shape index (κ1) is 35.1. The first-order valence-electron chi connectivity index (χ1n) is 15.2. The van der Waals surface area contributed by atoms with Crippen LogP contribution in [0.15, 0.2) is 47.3 Å². The van der Waals surface area contributed by atoms with E-state index in [-0.39, 0.29) is 34.7 Å². The Balaban J connectivity index is 1.84. The minimum atomic E-state index is -4.97. The minimum Gasteiger partial charge on any atom is -0.494 e. The molecule has 1 aliphatic rings. The molecule has 0 spiro atoms. The highest BCUT2D eigenvalue weighted by Crippen LogP contribution is 2.35. The summed E-state index contributed by atoms with van der Waals surface area (Å²) in [6.45, 7) is 9.20. The summed E-state index contributed by atoms with van der Waals surface area (Å²) in [7, 11) is -3.57. The van der Waals surface area contributed by atoms with Crippen LogP contribution in [0.25, 0.3) is 5.69 Å². The molecule has 1 amide bonds. The molecule has 0 N–H and O–H groups in total. The maximum atomic E-state index is 14.1. The third kappa shape index (κ3) is 7.97. The second-order valence-corrected chi connectivity index (χ2v) is 14.8. The highest BCUT2D eigenvalue weighted by molar-refractivity contribution is 7.91. The van der Waals surface area contributed by atoms with Crippen molar-refractivity contribution in [1.29, 1.82) is 0 Å². The fourth-order valence-corrected chi connectivity index (χ4v) is 6.40. The molecule has 0 aliphatic heterocycles. The fraction of sp³-hybridized carbons (Fsp3) is 0.485. The molecule has 4 rings (SSSR count). The van der Waals surface area contributed by atoms with Gasteiger partial charge in [0.05, 0.1) is 41.8 Å². The van der Waals surface area contributed by atoms with Gasteiger partial charge in [0.15, 0.2) is 9.84 Å². The zero-order valence-corrected chi connectivity index (χ0v) is 27.4. The number of amides is 1. The van der Waals surface area contributed by atoms with Crippen LogP contribution in [0.4, 0.5) is 17.6 Å². The lowest BCUT2D eigenvalue weighted by Crippen LogP contribution is -2.42. The maximum Gasteiger partial charge on any atom is 0.419 e. The van der Waals surface area contributed by atoms with Crippen LogP contribution in [0.1, 0.15) is 75.3 Å². The summed E-state index contributed by atoms with van der Waals surface area (Å²) in [4.78, 5) is 34.1. The van der Waals surface area contributed by atoms with E-state index in [0.29, 0.717) is 54.3 Å². The Morgan fingerprint density at radius 3 is 2.41 bits per heavy atom. The highest BCUT2D eigenvalue weighted by atomic mass is 32.2. The first-order chi connectivity index (χ1) is 21.5. The average molecular weight is 666 g/mol. The van der Waals surface area contributed by atoms with Crippen molar-refractivity contribution in [3.05, 3.63) is 86.8 Å². The largest absolute Gasteiger partial charge is 0.494 e. The maximum absolute atomic E-state index is 14.1. The molecule has 0 unspecified atom stereocenters. The molecule has 1 aromatic heterocycles. The Morgan fingerprint density at radius 1 is 1.13 bits per heavy atom. The van der Waals surface area contributed by atoms with Crippen molar-refractivity contribution < 1.29 is 35.5 Å². The molecule has 1 heterocycles. The summed E-state index contributed by atoms with van der Waals surface area (Å²) < 4.78 is 86.3. The highest BCUT2D eigenvalue weighted by Gasteiger charge is 2.36. The van der Waals surface area contributed by atoms with Gasteiger partial charge >= 0.3 is 6.18 Å². The smallest absolute Gasteiger partial charge is 0.419 e. The molecule has 46 heavy (non-hydrogen) atoms. The standard InChI is InChI=1S/C33H39F4N3O5S/c1-6-45-24-11-9-23(10-12-24)40-30(38-28-20-32(4,5)15-14-25(28)31(40)42)21(3)39(16-17-46(43,44)7-2)29(41)19-22-8-13-27(34)26(18-22)33(35,36)37/h8-13,18,21H,6-7,14-17,19-20H2,1-5H3/t21-/m1/s1. The van der Waals surface area contributed by atoms with Gasteiger partial charge in [-0.25, -0.2) is 17.8 Å². The quantitative estimate of drug-likeness (QED) is 0.238. The lowest BCUT2D eigenvalue weighted by Gasteiger charge is -2.34. The van der Waals surface area contributed by atoms with Gasteiger partial charge < -0.3 is 9.64 Å².